The number of phenols is 1. The smallest absolute Gasteiger partial charge is 0.435 e. The topological polar surface area (TPSA) is 38.0 Å². The molecule has 1 aromatic carbocycles. The second-order valence-electron chi connectivity index (χ2n) is 4.29. The van der Waals surface area contributed by atoms with Crippen molar-refractivity contribution in [2.45, 2.75) is 12.4 Å². The molecule has 2 rings (SSSR count). The van der Waals surface area contributed by atoms with E-state index in [1.165, 1.54) is 7.05 Å². The van der Waals surface area contributed by atoms with Crippen molar-refractivity contribution in [3.63, 3.8) is 0 Å². The van der Waals surface area contributed by atoms with Gasteiger partial charge in [-0.15, -0.1) is 0 Å². The van der Waals surface area contributed by atoms with Gasteiger partial charge in [0.25, 0.3) is 0 Å². The Morgan fingerprint density at radius 2 is 1.62 bits per heavy atom. The molecule has 114 valence electrons. The van der Waals surface area contributed by atoms with Gasteiger partial charge in [0.15, 0.2) is 5.69 Å². The molecule has 0 bridgehead atoms. The van der Waals surface area contributed by atoms with Crippen LogP contribution in [0.25, 0.3) is 11.1 Å². The average Bonchev–Trinajstić information content (AvgIpc) is 2.70. The number of benzene rings is 1. The van der Waals surface area contributed by atoms with Crippen LogP contribution in [0.3, 0.4) is 0 Å². The fraction of sp³-hybridized carbons (Fsp3) is 0.250. The Morgan fingerprint density at radius 1 is 1.00 bits per heavy atom. The Balaban J connectivity index is 2.74. The number of halogens is 6. The Labute approximate surface area is 114 Å². The van der Waals surface area contributed by atoms with Crippen LogP contribution in [-0.2, 0) is 19.4 Å². The molecule has 0 unspecified atom stereocenters. The van der Waals surface area contributed by atoms with Crippen molar-refractivity contribution in [2.24, 2.45) is 7.05 Å². The van der Waals surface area contributed by atoms with Gasteiger partial charge in [-0.05, 0) is 23.8 Å². The lowest BCUT2D eigenvalue weighted by Gasteiger charge is -2.14. The molecule has 0 saturated carbocycles. The summed E-state index contributed by atoms with van der Waals surface area (Å²) in [5.41, 5.74) is -4.17. The molecule has 0 aliphatic heterocycles. The van der Waals surface area contributed by atoms with E-state index < -0.39 is 40.5 Å². The molecule has 3 nitrogen and oxygen atoms in total. The molecule has 9 heteroatoms. The van der Waals surface area contributed by atoms with Gasteiger partial charge in [0.05, 0.1) is 5.56 Å². The lowest BCUT2D eigenvalue weighted by Crippen LogP contribution is -2.11. The fourth-order valence-electron chi connectivity index (χ4n) is 1.90. The van der Waals surface area contributed by atoms with Gasteiger partial charge in [-0.25, -0.2) is 0 Å². The molecular weight excluding hydrogens is 302 g/mol. The molecule has 0 atom stereocenters. The van der Waals surface area contributed by atoms with E-state index in [4.69, 9.17) is 5.11 Å². The minimum atomic E-state index is -4.91. The molecule has 0 aliphatic rings. The summed E-state index contributed by atoms with van der Waals surface area (Å²) in [6.07, 6.45) is -8.95. The van der Waals surface area contributed by atoms with Crippen molar-refractivity contribution in [1.29, 1.82) is 0 Å². The molecule has 1 N–H and O–H groups in total. The molecule has 0 amide bonds. The van der Waals surface area contributed by atoms with E-state index >= 15 is 0 Å². The summed E-state index contributed by atoms with van der Waals surface area (Å²) in [6, 6.07) is 2.05. The molecule has 1 heterocycles. The van der Waals surface area contributed by atoms with Gasteiger partial charge in [0.2, 0.25) is 0 Å². The molecule has 0 radical (unpaired) electrons. The molecular formula is C12H8F6N2O. The minimum absolute atomic E-state index is 0.377. The van der Waals surface area contributed by atoms with E-state index in [1.54, 1.807) is 0 Å². The van der Waals surface area contributed by atoms with Crippen molar-refractivity contribution in [2.75, 3.05) is 0 Å². The number of aromatic nitrogens is 2. The predicted molar refractivity (Wildman–Crippen MR) is 60.3 cm³/mol. The zero-order chi connectivity index (χ0) is 16.0. The van der Waals surface area contributed by atoms with Gasteiger partial charge in [-0.3, -0.25) is 4.68 Å². The Morgan fingerprint density at radius 3 is 2.14 bits per heavy atom. The molecule has 0 aliphatic carbocycles. The molecule has 1 aromatic heterocycles. The average molecular weight is 310 g/mol. The first-order valence-electron chi connectivity index (χ1n) is 5.51. The van der Waals surface area contributed by atoms with E-state index in [2.05, 4.69) is 5.10 Å². The van der Waals surface area contributed by atoms with E-state index in [0.29, 0.717) is 6.07 Å². The lowest BCUT2D eigenvalue weighted by molar-refractivity contribution is -0.142. The Bertz CT molecular complexity index is 671. The quantitative estimate of drug-likeness (QED) is 0.813. The zero-order valence-corrected chi connectivity index (χ0v) is 10.4. The third kappa shape index (κ3) is 2.96. The maximum absolute atomic E-state index is 12.9. The van der Waals surface area contributed by atoms with Gasteiger partial charge in [0, 0.05) is 18.8 Å². The van der Waals surface area contributed by atoms with Crippen LogP contribution in [-0.4, -0.2) is 14.9 Å². The highest BCUT2D eigenvalue weighted by molar-refractivity contribution is 5.71. The molecule has 21 heavy (non-hydrogen) atoms. The molecule has 0 spiro atoms. The van der Waals surface area contributed by atoms with E-state index in [-0.39, 0.29) is 0 Å². The summed E-state index contributed by atoms with van der Waals surface area (Å²) in [5, 5.41) is 12.3. The number of nitrogens with zero attached hydrogens (tertiary/aromatic N) is 2. The molecule has 2 aromatic rings. The van der Waals surface area contributed by atoms with E-state index in [0.717, 1.165) is 23.0 Å². The van der Waals surface area contributed by atoms with Gasteiger partial charge in [-0.2, -0.15) is 31.4 Å². The summed E-state index contributed by atoms with van der Waals surface area (Å²) in [5.74, 6) is -0.691. The van der Waals surface area contributed by atoms with Crippen LogP contribution in [0.4, 0.5) is 26.3 Å². The highest BCUT2D eigenvalue weighted by atomic mass is 19.4. The van der Waals surface area contributed by atoms with Gasteiger partial charge in [0.1, 0.15) is 5.75 Å². The minimum Gasteiger partial charge on any atom is -0.508 e. The second-order valence-corrected chi connectivity index (χ2v) is 4.29. The standard InChI is InChI=1S/C12H8F6N2O/c1-20-5-8(10(19-20)12(16,17)18)7-3-2-6(21)4-9(7)11(13,14)15/h2-5,21H,1H3. The maximum Gasteiger partial charge on any atom is 0.435 e. The summed E-state index contributed by atoms with van der Waals surface area (Å²) in [6.45, 7) is 0. The van der Waals surface area contributed by atoms with Crippen LogP contribution in [0.5, 0.6) is 5.75 Å². The Hall–Kier alpha value is -2.19. The highest BCUT2D eigenvalue weighted by Gasteiger charge is 2.40. The first-order valence-corrected chi connectivity index (χ1v) is 5.51. The van der Waals surface area contributed by atoms with Gasteiger partial charge >= 0.3 is 12.4 Å². The van der Waals surface area contributed by atoms with Crippen LogP contribution in [0.1, 0.15) is 11.3 Å². The second kappa shape index (κ2) is 4.68. The van der Waals surface area contributed by atoms with Crippen molar-refractivity contribution in [3.8, 4) is 16.9 Å². The zero-order valence-electron chi connectivity index (χ0n) is 10.4. The van der Waals surface area contributed by atoms with Crippen LogP contribution in [0, 0.1) is 0 Å². The number of hydrogen-bond donors (Lipinski definition) is 1. The summed E-state index contributed by atoms with van der Waals surface area (Å²) < 4.78 is 78.1. The van der Waals surface area contributed by atoms with Crippen molar-refractivity contribution in [1.82, 2.24) is 9.78 Å². The monoisotopic (exact) mass is 310 g/mol. The summed E-state index contributed by atoms with van der Waals surface area (Å²) in [4.78, 5) is 0. The lowest BCUT2D eigenvalue weighted by atomic mass is 9.99. The van der Waals surface area contributed by atoms with Crippen molar-refractivity contribution in [3.05, 3.63) is 35.7 Å². The van der Waals surface area contributed by atoms with E-state index in [9.17, 15) is 26.3 Å². The number of aromatic hydroxyl groups is 1. The maximum atomic E-state index is 12.9. The van der Waals surface area contributed by atoms with Crippen molar-refractivity contribution >= 4 is 0 Å². The Kier molecular flexibility index (Phi) is 3.38. The van der Waals surface area contributed by atoms with Gasteiger partial charge < -0.3 is 5.11 Å². The number of phenolic OH excluding ortho intramolecular Hbond substituents is 1. The molecule has 0 fully saturated rings. The number of hydrogen-bond acceptors (Lipinski definition) is 2. The number of aryl methyl sites for hydroxylation is 1. The third-order valence-corrected chi connectivity index (χ3v) is 2.70. The van der Waals surface area contributed by atoms with Crippen LogP contribution >= 0.6 is 0 Å². The largest absolute Gasteiger partial charge is 0.508 e. The van der Waals surface area contributed by atoms with Gasteiger partial charge in [-0.1, -0.05) is 0 Å². The fourth-order valence-corrected chi connectivity index (χ4v) is 1.90. The number of rotatable bonds is 1. The highest BCUT2D eigenvalue weighted by Crippen LogP contribution is 2.42. The normalized spacial score (nSPS) is 12.7. The van der Waals surface area contributed by atoms with Crippen molar-refractivity contribution < 1.29 is 31.4 Å². The van der Waals surface area contributed by atoms with Crippen LogP contribution < -0.4 is 0 Å². The third-order valence-electron chi connectivity index (χ3n) is 2.70. The summed E-state index contributed by atoms with van der Waals surface area (Å²) >= 11 is 0. The van der Waals surface area contributed by atoms with E-state index in [1.807, 2.05) is 0 Å². The van der Waals surface area contributed by atoms with Crippen LogP contribution in [0.15, 0.2) is 24.4 Å². The number of alkyl halides is 6. The van der Waals surface area contributed by atoms with Crippen LogP contribution in [0.2, 0.25) is 0 Å². The predicted octanol–water partition coefficient (Wildman–Crippen LogP) is 3.83. The molecule has 0 saturated heterocycles. The SMILES string of the molecule is Cn1cc(-c2ccc(O)cc2C(F)(F)F)c(C(F)(F)F)n1. The summed E-state index contributed by atoms with van der Waals surface area (Å²) in [7, 11) is 1.17. The first kappa shape index (κ1) is 15.2. The first-order chi connectivity index (χ1) is 9.50.